The molecule has 6 nitrogen and oxygen atoms in total. The lowest BCUT2D eigenvalue weighted by atomic mass is 10.2. The summed E-state index contributed by atoms with van der Waals surface area (Å²) in [5.41, 5.74) is 0.378. The molecule has 1 aromatic heterocycles. The van der Waals surface area contributed by atoms with Crippen molar-refractivity contribution in [2.75, 3.05) is 20.2 Å². The zero-order chi connectivity index (χ0) is 14.5. The van der Waals surface area contributed by atoms with Crippen LogP contribution in [0.25, 0.3) is 0 Å². The molecule has 0 radical (unpaired) electrons. The molecule has 1 aromatic rings. The fourth-order valence-electron chi connectivity index (χ4n) is 2.25. The van der Waals surface area contributed by atoms with Crippen molar-refractivity contribution in [3.63, 3.8) is 0 Å². The second-order valence-corrected chi connectivity index (χ2v) is 4.93. The maximum Gasteiger partial charge on any atom is 0.341 e. The van der Waals surface area contributed by atoms with Crippen molar-refractivity contribution < 1.29 is 18.7 Å². The summed E-state index contributed by atoms with van der Waals surface area (Å²) in [6.07, 6.45) is 3.52. The lowest BCUT2D eigenvalue weighted by Crippen LogP contribution is -2.43. The van der Waals surface area contributed by atoms with Gasteiger partial charge in [0.25, 0.3) is 0 Å². The first kappa shape index (κ1) is 14.6. The molecular formula is C14H20N2O4. The van der Waals surface area contributed by atoms with Gasteiger partial charge < -0.3 is 14.1 Å². The largest absolute Gasteiger partial charge is 0.467 e. The van der Waals surface area contributed by atoms with Crippen LogP contribution in [0.2, 0.25) is 0 Å². The van der Waals surface area contributed by atoms with Crippen LogP contribution in [-0.2, 0) is 16.1 Å². The van der Waals surface area contributed by atoms with Gasteiger partial charge in [0.05, 0.1) is 25.3 Å². The average molecular weight is 280 g/mol. The van der Waals surface area contributed by atoms with Crippen molar-refractivity contribution in [3.05, 3.63) is 23.7 Å². The van der Waals surface area contributed by atoms with Crippen LogP contribution in [-0.4, -0.2) is 43.0 Å². The first-order valence-corrected chi connectivity index (χ1v) is 6.79. The lowest BCUT2D eigenvalue weighted by Gasteiger charge is -2.20. The highest BCUT2D eigenvalue weighted by Gasteiger charge is 2.23. The van der Waals surface area contributed by atoms with Crippen LogP contribution in [0.3, 0.4) is 0 Å². The van der Waals surface area contributed by atoms with E-state index in [4.69, 9.17) is 4.42 Å². The molecule has 1 N–H and O–H groups in total. The Balaban J connectivity index is 1.83. The number of hydrogen-bond acceptors (Lipinski definition) is 5. The summed E-state index contributed by atoms with van der Waals surface area (Å²) in [6, 6.07) is 1.35. The summed E-state index contributed by atoms with van der Waals surface area (Å²) in [5, 5.41) is 3.11. The van der Waals surface area contributed by atoms with Crippen molar-refractivity contribution in [1.29, 1.82) is 0 Å². The van der Waals surface area contributed by atoms with E-state index < -0.39 is 5.97 Å². The number of carbonyl (C=O) groups is 2. The summed E-state index contributed by atoms with van der Waals surface area (Å²) >= 11 is 0. The number of methoxy groups -OCH3 is 1. The van der Waals surface area contributed by atoms with Gasteiger partial charge in [-0.1, -0.05) is 0 Å². The van der Waals surface area contributed by atoms with E-state index in [-0.39, 0.29) is 11.9 Å². The molecule has 2 rings (SSSR count). The van der Waals surface area contributed by atoms with Crippen LogP contribution in [0.5, 0.6) is 0 Å². The number of rotatable bonds is 5. The topological polar surface area (TPSA) is 71.8 Å². The molecule has 1 aliphatic rings. The van der Waals surface area contributed by atoms with E-state index in [0.29, 0.717) is 17.9 Å². The summed E-state index contributed by atoms with van der Waals surface area (Å²) in [7, 11) is 1.32. The number of ether oxygens (including phenoxy) is 1. The first-order valence-electron chi connectivity index (χ1n) is 6.79. The average Bonchev–Trinajstić information content (AvgIpc) is 3.13. The molecule has 1 fully saturated rings. The van der Waals surface area contributed by atoms with Gasteiger partial charge in [-0.3, -0.25) is 10.1 Å². The number of amides is 1. The van der Waals surface area contributed by atoms with Crippen LogP contribution in [0, 0.1) is 0 Å². The number of nitrogens with one attached hydrogen (secondary N) is 1. The third kappa shape index (κ3) is 3.39. The maximum atomic E-state index is 12.1. The molecule has 0 bridgehead atoms. The molecule has 1 amide bonds. The second kappa shape index (κ2) is 6.56. The summed E-state index contributed by atoms with van der Waals surface area (Å²) in [5.74, 6) is 0.287. The third-order valence-corrected chi connectivity index (χ3v) is 3.45. The van der Waals surface area contributed by atoms with Crippen molar-refractivity contribution >= 4 is 11.9 Å². The first-order chi connectivity index (χ1) is 9.61. The van der Waals surface area contributed by atoms with Crippen LogP contribution in [0.4, 0.5) is 0 Å². The Hall–Kier alpha value is -1.82. The van der Waals surface area contributed by atoms with Gasteiger partial charge in [0.15, 0.2) is 0 Å². The van der Waals surface area contributed by atoms with Gasteiger partial charge in [0.1, 0.15) is 12.0 Å². The number of hydrogen-bond donors (Lipinski definition) is 1. The SMILES string of the molecule is COC(=O)c1coc(CNC(C)C(=O)N2CCCC2)c1. The van der Waals surface area contributed by atoms with Gasteiger partial charge in [-0.15, -0.1) is 0 Å². The van der Waals surface area contributed by atoms with Crippen LogP contribution < -0.4 is 5.32 Å². The maximum absolute atomic E-state index is 12.1. The highest BCUT2D eigenvalue weighted by Crippen LogP contribution is 2.11. The molecular weight excluding hydrogens is 260 g/mol. The van der Waals surface area contributed by atoms with Crippen molar-refractivity contribution in [3.8, 4) is 0 Å². The summed E-state index contributed by atoms with van der Waals surface area (Å²) < 4.78 is 9.86. The molecule has 110 valence electrons. The summed E-state index contributed by atoms with van der Waals surface area (Å²) in [6.45, 7) is 3.93. The minimum Gasteiger partial charge on any atom is -0.467 e. The summed E-state index contributed by atoms with van der Waals surface area (Å²) in [4.78, 5) is 25.2. The Morgan fingerprint density at radius 3 is 2.80 bits per heavy atom. The molecule has 0 aliphatic carbocycles. The fourth-order valence-corrected chi connectivity index (χ4v) is 2.25. The minimum absolute atomic E-state index is 0.113. The molecule has 20 heavy (non-hydrogen) atoms. The number of nitrogens with zero attached hydrogens (tertiary/aromatic N) is 1. The molecule has 1 saturated heterocycles. The van der Waals surface area contributed by atoms with Gasteiger partial charge >= 0.3 is 5.97 Å². The smallest absolute Gasteiger partial charge is 0.341 e. The highest BCUT2D eigenvalue weighted by atomic mass is 16.5. The van der Waals surface area contributed by atoms with E-state index in [1.54, 1.807) is 6.07 Å². The number of esters is 1. The van der Waals surface area contributed by atoms with Crippen molar-refractivity contribution in [2.24, 2.45) is 0 Å². The Kier molecular flexibility index (Phi) is 4.79. The standard InChI is InChI=1S/C14H20N2O4/c1-10(13(17)16-5-3-4-6-16)15-8-12-7-11(9-20-12)14(18)19-2/h7,9-10,15H,3-6,8H2,1-2H3. The molecule has 1 unspecified atom stereocenters. The normalized spacial score (nSPS) is 16.2. The Morgan fingerprint density at radius 2 is 2.15 bits per heavy atom. The molecule has 0 spiro atoms. The molecule has 1 aliphatic heterocycles. The van der Waals surface area contributed by atoms with E-state index in [1.165, 1.54) is 13.4 Å². The quantitative estimate of drug-likeness (QED) is 0.820. The van der Waals surface area contributed by atoms with Crippen LogP contribution >= 0.6 is 0 Å². The predicted molar refractivity (Wildman–Crippen MR) is 72.2 cm³/mol. The number of furan rings is 1. The van der Waals surface area contributed by atoms with E-state index in [9.17, 15) is 9.59 Å². The Morgan fingerprint density at radius 1 is 1.45 bits per heavy atom. The number of likely N-dealkylation sites (tertiary alicyclic amines) is 1. The molecule has 0 aromatic carbocycles. The minimum atomic E-state index is -0.429. The molecule has 1 atom stereocenters. The Bertz CT molecular complexity index is 477. The van der Waals surface area contributed by atoms with Crippen LogP contribution in [0.1, 0.15) is 35.9 Å². The van der Waals surface area contributed by atoms with E-state index >= 15 is 0 Å². The fraction of sp³-hybridized carbons (Fsp3) is 0.571. The predicted octanol–water partition coefficient (Wildman–Crippen LogP) is 1.17. The van der Waals surface area contributed by atoms with E-state index in [2.05, 4.69) is 10.1 Å². The van der Waals surface area contributed by atoms with Crippen molar-refractivity contribution in [1.82, 2.24) is 10.2 Å². The zero-order valence-corrected chi connectivity index (χ0v) is 11.8. The van der Waals surface area contributed by atoms with Crippen LogP contribution in [0.15, 0.2) is 16.7 Å². The van der Waals surface area contributed by atoms with Gasteiger partial charge in [-0.25, -0.2) is 4.79 Å². The van der Waals surface area contributed by atoms with Gasteiger partial charge in [-0.2, -0.15) is 0 Å². The highest BCUT2D eigenvalue weighted by molar-refractivity contribution is 5.89. The van der Waals surface area contributed by atoms with Gasteiger partial charge in [0, 0.05) is 13.1 Å². The Labute approximate surface area is 118 Å². The van der Waals surface area contributed by atoms with E-state index in [0.717, 1.165) is 25.9 Å². The second-order valence-electron chi connectivity index (χ2n) is 4.93. The van der Waals surface area contributed by atoms with Gasteiger partial charge in [-0.05, 0) is 25.8 Å². The van der Waals surface area contributed by atoms with E-state index in [1.807, 2.05) is 11.8 Å². The zero-order valence-electron chi connectivity index (χ0n) is 11.8. The number of carbonyl (C=O) groups excluding carboxylic acids is 2. The monoisotopic (exact) mass is 280 g/mol. The lowest BCUT2D eigenvalue weighted by molar-refractivity contribution is -0.132. The van der Waals surface area contributed by atoms with Gasteiger partial charge in [0.2, 0.25) is 5.91 Å². The molecule has 2 heterocycles. The molecule has 6 heteroatoms. The third-order valence-electron chi connectivity index (χ3n) is 3.45. The molecule has 0 saturated carbocycles. The van der Waals surface area contributed by atoms with Crippen molar-refractivity contribution in [2.45, 2.75) is 32.4 Å².